The third-order valence-corrected chi connectivity index (χ3v) is 2.59. The molecule has 1 heterocycles. The highest BCUT2D eigenvalue weighted by Gasteiger charge is 2.38. The van der Waals surface area contributed by atoms with Gasteiger partial charge in [0, 0.05) is 12.6 Å². The number of alkyl halides is 3. The van der Waals surface area contributed by atoms with Crippen molar-refractivity contribution in [1.29, 1.82) is 0 Å². The van der Waals surface area contributed by atoms with Gasteiger partial charge in [0.1, 0.15) is 0 Å². The Labute approximate surface area is 103 Å². The summed E-state index contributed by atoms with van der Waals surface area (Å²) >= 11 is 0. The molecule has 0 amide bonds. The van der Waals surface area contributed by atoms with Gasteiger partial charge in [-0.3, -0.25) is 4.98 Å². The van der Waals surface area contributed by atoms with E-state index in [9.17, 15) is 13.2 Å². The first kappa shape index (κ1) is 13.1. The number of nitrogens with zero attached hydrogens (tertiary/aromatic N) is 2. The molecule has 100 valence electrons. The SMILES string of the molecule is CC(Oc1cnc(CNC2CC2)cn1)C(F)(F)F. The molecule has 1 aromatic heterocycles. The van der Waals surface area contributed by atoms with Gasteiger partial charge in [0.15, 0.2) is 6.10 Å². The quantitative estimate of drug-likeness (QED) is 0.881. The molecule has 7 heteroatoms. The van der Waals surface area contributed by atoms with Gasteiger partial charge in [-0.2, -0.15) is 13.2 Å². The molecule has 1 N–H and O–H groups in total. The van der Waals surface area contributed by atoms with Crippen molar-refractivity contribution >= 4 is 0 Å². The van der Waals surface area contributed by atoms with Gasteiger partial charge in [0.05, 0.1) is 18.1 Å². The van der Waals surface area contributed by atoms with Crippen LogP contribution in [0.3, 0.4) is 0 Å². The number of ether oxygens (including phenoxy) is 1. The van der Waals surface area contributed by atoms with Crippen molar-refractivity contribution < 1.29 is 17.9 Å². The van der Waals surface area contributed by atoms with Crippen molar-refractivity contribution in [2.45, 2.75) is 44.6 Å². The van der Waals surface area contributed by atoms with Crippen molar-refractivity contribution in [3.05, 3.63) is 18.1 Å². The van der Waals surface area contributed by atoms with Crippen molar-refractivity contribution in [2.75, 3.05) is 0 Å². The van der Waals surface area contributed by atoms with Gasteiger partial charge >= 0.3 is 6.18 Å². The van der Waals surface area contributed by atoms with Crippen LogP contribution >= 0.6 is 0 Å². The summed E-state index contributed by atoms with van der Waals surface area (Å²) in [5, 5.41) is 3.23. The summed E-state index contributed by atoms with van der Waals surface area (Å²) in [6.07, 6.45) is -1.31. The zero-order chi connectivity index (χ0) is 13.2. The Bertz CT molecular complexity index is 390. The fourth-order valence-corrected chi connectivity index (χ4v) is 1.28. The van der Waals surface area contributed by atoms with E-state index >= 15 is 0 Å². The van der Waals surface area contributed by atoms with E-state index in [2.05, 4.69) is 20.0 Å². The Hall–Kier alpha value is -1.37. The maximum absolute atomic E-state index is 12.2. The summed E-state index contributed by atoms with van der Waals surface area (Å²) in [6, 6.07) is 0.549. The standard InChI is InChI=1S/C11H14F3N3O/c1-7(11(12,13)14)18-10-6-16-9(5-17-10)4-15-8-2-3-8/h5-8,15H,2-4H2,1H3. The van der Waals surface area contributed by atoms with Gasteiger partial charge in [0.25, 0.3) is 0 Å². The molecule has 2 rings (SSSR count). The minimum Gasteiger partial charge on any atom is -0.464 e. The molecular formula is C11H14F3N3O. The Kier molecular flexibility index (Phi) is 3.70. The Balaban J connectivity index is 1.86. The maximum Gasteiger partial charge on any atom is 0.425 e. The predicted octanol–water partition coefficient (Wildman–Crippen LogP) is 2.06. The first-order valence-electron chi connectivity index (χ1n) is 5.73. The van der Waals surface area contributed by atoms with Crippen LogP contribution in [0.4, 0.5) is 13.2 Å². The molecule has 0 aliphatic heterocycles. The van der Waals surface area contributed by atoms with E-state index in [1.165, 1.54) is 12.4 Å². The van der Waals surface area contributed by atoms with Crippen molar-refractivity contribution in [3.63, 3.8) is 0 Å². The van der Waals surface area contributed by atoms with Crippen LogP contribution in [0.25, 0.3) is 0 Å². The molecule has 1 aromatic rings. The molecule has 4 nitrogen and oxygen atoms in total. The second-order valence-corrected chi connectivity index (χ2v) is 4.30. The zero-order valence-corrected chi connectivity index (χ0v) is 9.87. The average molecular weight is 261 g/mol. The van der Waals surface area contributed by atoms with E-state index in [0.29, 0.717) is 18.3 Å². The lowest BCUT2D eigenvalue weighted by atomic mass is 10.4. The second-order valence-electron chi connectivity index (χ2n) is 4.30. The molecule has 0 radical (unpaired) electrons. The summed E-state index contributed by atoms with van der Waals surface area (Å²) in [5.74, 6) is -0.116. The lowest BCUT2D eigenvalue weighted by Crippen LogP contribution is -2.31. The highest BCUT2D eigenvalue weighted by molar-refractivity contribution is 5.08. The summed E-state index contributed by atoms with van der Waals surface area (Å²) in [6.45, 7) is 1.51. The van der Waals surface area contributed by atoms with Gasteiger partial charge in [-0.1, -0.05) is 0 Å². The lowest BCUT2D eigenvalue weighted by molar-refractivity contribution is -0.190. The number of hydrogen-bond donors (Lipinski definition) is 1. The molecule has 0 bridgehead atoms. The molecule has 1 aliphatic carbocycles. The van der Waals surface area contributed by atoms with Gasteiger partial charge in [-0.05, 0) is 19.8 Å². The number of rotatable bonds is 5. The van der Waals surface area contributed by atoms with Crippen molar-refractivity contribution in [2.24, 2.45) is 0 Å². The molecule has 18 heavy (non-hydrogen) atoms. The third kappa shape index (κ3) is 3.83. The van der Waals surface area contributed by atoms with Crippen LogP contribution in [0.2, 0.25) is 0 Å². The van der Waals surface area contributed by atoms with Crippen LogP contribution in [0, 0.1) is 0 Å². The Morgan fingerprint density at radius 3 is 2.61 bits per heavy atom. The van der Waals surface area contributed by atoms with Crippen molar-refractivity contribution in [3.8, 4) is 5.88 Å². The minimum absolute atomic E-state index is 0.116. The van der Waals surface area contributed by atoms with Gasteiger partial charge < -0.3 is 10.1 Å². The molecular weight excluding hydrogens is 247 g/mol. The molecule has 1 aliphatic rings. The molecule has 1 unspecified atom stereocenters. The molecule has 0 aromatic carbocycles. The molecule has 0 spiro atoms. The maximum atomic E-state index is 12.2. The van der Waals surface area contributed by atoms with E-state index in [0.717, 1.165) is 19.8 Å². The Morgan fingerprint density at radius 1 is 1.39 bits per heavy atom. The summed E-state index contributed by atoms with van der Waals surface area (Å²) in [4.78, 5) is 7.80. The minimum atomic E-state index is -4.39. The monoisotopic (exact) mass is 261 g/mol. The van der Waals surface area contributed by atoms with E-state index in [4.69, 9.17) is 0 Å². The third-order valence-electron chi connectivity index (χ3n) is 2.59. The second kappa shape index (κ2) is 5.09. The highest BCUT2D eigenvalue weighted by atomic mass is 19.4. The lowest BCUT2D eigenvalue weighted by Gasteiger charge is -2.16. The average Bonchev–Trinajstić information content (AvgIpc) is 3.11. The van der Waals surface area contributed by atoms with Crippen LogP contribution in [-0.2, 0) is 6.54 Å². The number of halogens is 3. The predicted molar refractivity (Wildman–Crippen MR) is 58.0 cm³/mol. The number of nitrogens with one attached hydrogen (secondary N) is 1. The number of hydrogen-bond acceptors (Lipinski definition) is 4. The van der Waals surface area contributed by atoms with Gasteiger partial charge in [0.2, 0.25) is 5.88 Å². The fraction of sp³-hybridized carbons (Fsp3) is 0.636. The first-order valence-corrected chi connectivity index (χ1v) is 5.73. The highest BCUT2D eigenvalue weighted by Crippen LogP contribution is 2.23. The van der Waals surface area contributed by atoms with E-state index < -0.39 is 12.3 Å². The smallest absolute Gasteiger partial charge is 0.425 e. The van der Waals surface area contributed by atoms with Crippen LogP contribution in [0.1, 0.15) is 25.5 Å². The van der Waals surface area contributed by atoms with Gasteiger partial charge in [-0.25, -0.2) is 4.98 Å². The largest absolute Gasteiger partial charge is 0.464 e. The van der Waals surface area contributed by atoms with Crippen LogP contribution in [0.15, 0.2) is 12.4 Å². The summed E-state index contributed by atoms with van der Waals surface area (Å²) in [5.41, 5.74) is 0.689. The van der Waals surface area contributed by atoms with Crippen LogP contribution < -0.4 is 10.1 Å². The van der Waals surface area contributed by atoms with Crippen molar-refractivity contribution in [1.82, 2.24) is 15.3 Å². The summed E-state index contributed by atoms with van der Waals surface area (Å²) < 4.78 is 41.4. The number of aromatic nitrogens is 2. The normalized spacial score (nSPS) is 17.6. The first-order chi connectivity index (χ1) is 8.45. The fourth-order valence-electron chi connectivity index (χ4n) is 1.28. The van der Waals surface area contributed by atoms with E-state index in [1.54, 1.807) is 0 Å². The van der Waals surface area contributed by atoms with Crippen LogP contribution in [-0.4, -0.2) is 28.3 Å². The Morgan fingerprint density at radius 2 is 2.11 bits per heavy atom. The summed E-state index contributed by atoms with van der Waals surface area (Å²) in [7, 11) is 0. The van der Waals surface area contributed by atoms with Gasteiger partial charge in [-0.15, -0.1) is 0 Å². The van der Waals surface area contributed by atoms with Crippen LogP contribution in [0.5, 0.6) is 5.88 Å². The molecule has 0 saturated heterocycles. The molecule has 1 saturated carbocycles. The molecule has 1 fully saturated rings. The topological polar surface area (TPSA) is 47.0 Å². The zero-order valence-electron chi connectivity index (χ0n) is 9.87. The molecule has 1 atom stereocenters. The van der Waals surface area contributed by atoms with E-state index in [1.807, 2.05) is 0 Å². The van der Waals surface area contributed by atoms with E-state index in [-0.39, 0.29) is 5.88 Å².